The van der Waals surface area contributed by atoms with Crippen LogP contribution in [0.1, 0.15) is 27.7 Å². The fourth-order valence-corrected chi connectivity index (χ4v) is 2.30. The molecule has 0 bridgehead atoms. The highest BCUT2D eigenvalue weighted by atomic mass is 15.2. The van der Waals surface area contributed by atoms with Gasteiger partial charge in [0.05, 0.1) is 6.17 Å². The second kappa shape index (κ2) is 3.95. The molecule has 1 rings (SSSR count). The zero-order valence-electron chi connectivity index (χ0n) is 9.44. The molecule has 3 unspecified atom stereocenters. The first-order valence-electron chi connectivity index (χ1n) is 5.11. The molecule has 3 nitrogen and oxygen atoms in total. The molecule has 0 aliphatic carbocycles. The Bertz CT molecular complexity index is 162. The molecule has 3 heteroatoms. The van der Waals surface area contributed by atoms with Crippen LogP contribution in [0.3, 0.4) is 0 Å². The largest absolute Gasteiger partial charge is 0.305 e. The lowest BCUT2D eigenvalue weighted by atomic mass is 9.77. The van der Waals surface area contributed by atoms with Crippen LogP contribution < -0.4 is 16.0 Å². The lowest BCUT2D eigenvalue weighted by Gasteiger charge is -2.44. The standard InChI is InChI=1S/C10H23N3/c1-7-8(10(2,3)4)12-6-13-9(7)11-5/h7-9,11-13H,6H2,1-5H3. The molecule has 0 aromatic rings. The molecule has 1 saturated heterocycles. The topological polar surface area (TPSA) is 36.1 Å². The minimum Gasteiger partial charge on any atom is -0.305 e. The van der Waals surface area contributed by atoms with Gasteiger partial charge in [0.25, 0.3) is 0 Å². The maximum absolute atomic E-state index is 3.52. The summed E-state index contributed by atoms with van der Waals surface area (Å²) in [6, 6.07) is 0.575. The molecule has 78 valence electrons. The Morgan fingerprint density at radius 3 is 2.31 bits per heavy atom. The van der Waals surface area contributed by atoms with E-state index in [9.17, 15) is 0 Å². The van der Waals surface area contributed by atoms with Crippen LogP contribution in [0.2, 0.25) is 0 Å². The molecule has 1 aliphatic rings. The monoisotopic (exact) mass is 185 g/mol. The Balaban J connectivity index is 2.65. The van der Waals surface area contributed by atoms with Gasteiger partial charge >= 0.3 is 0 Å². The summed E-state index contributed by atoms with van der Waals surface area (Å²) in [5.74, 6) is 0.610. The van der Waals surface area contributed by atoms with Gasteiger partial charge in [-0.25, -0.2) is 0 Å². The van der Waals surface area contributed by atoms with Gasteiger partial charge in [0.1, 0.15) is 0 Å². The molecule has 0 saturated carbocycles. The van der Waals surface area contributed by atoms with Crippen LogP contribution in [0.15, 0.2) is 0 Å². The van der Waals surface area contributed by atoms with Crippen LogP contribution in [0.4, 0.5) is 0 Å². The van der Waals surface area contributed by atoms with E-state index in [0.29, 0.717) is 23.5 Å². The van der Waals surface area contributed by atoms with E-state index in [1.807, 2.05) is 7.05 Å². The van der Waals surface area contributed by atoms with Crippen molar-refractivity contribution in [1.29, 1.82) is 0 Å². The summed E-state index contributed by atoms with van der Waals surface area (Å²) in [7, 11) is 2.01. The Kier molecular flexibility index (Phi) is 3.33. The van der Waals surface area contributed by atoms with E-state index >= 15 is 0 Å². The minimum absolute atomic E-state index is 0.330. The van der Waals surface area contributed by atoms with Gasteiger partial charge in [-0.3, -0.25) is 5.32 Å². The fourth-order valence-electron chi connectivity index (χ4n) is 2.30. The summed E-state index contributed by atoms with van der Waals surface area (Å²) in [5.41, 5.74) is 0.330. The Hall–Kier alpha value is -0.120. The van der Waals surface area contributed by atoms with E-state index in [1.165, 1.54) is 0 Å². The van der Waals surface area contributed by atoms with Crippen molar-refractivity contribution in [2.24, 2.45) is 11.3 Å². The van der Waals surface area contributed by atoms with E-state index in [2.05, 4.69) is 43.6 Å². The summed E-state index contributed by atoms with van der Waals surface area (Å²) in [5, 5.41) is 10.2. The van der Waals surface area contributed by atoms with Crippen LogP contribution >= 0.6 is 0 Å². The number of hydrogen-bond acceptors (Lipinski definition) is 3. The molecule has 3 atom stereocenters. The van der Waals surface area contributed by atoms with Gasteiger partial charge < -0.3 is 10.6 Å². The normalized spacial score (nSPS) is 36.2. The van der Waals surface area contributed by atoms with Gasteiger partial charge in [0.15, 0.2) is 0 Å². The van der Waals surface area contributed by atoms with Crippen molar-refractivity contribution in [2.75, 3.05) is 13.7 Å². The van der Waals surface area contributed by atoms with E-state index in [-0.39, 0.29) is 0 Å². The third-order valence-electron chi connectivity index (χ3n) is 2.94. The summed E-state index contributed by atoms with van der Waals surface area (Å²) < 4.78 is 0. The zero-order valence-corrected chi connectivity index (χ0v) is 9.44. The first-order valence-corrected chi connectivity index (χ1v) is 5.11. The van der Waals surface area contributed by atoms with Gasteiger partial charge in [-0.15, -0.1) is 0 Å². The third kappa shape index (κ3) is 2.42. The van der Waals surface area contributed by atoms with Crippen LogP contribution in [0, 0.1) is 11.3 Å². The van der Waals surface area contributed by atoms with Gasteiger partial charge in [-0.05, 0) is 12.5 Å². The molecule has 0 amide bonds. The van der Waals surface area contributed by atoms with Gasteiger partial charge in [-0.1, -0.05) is 27.7 Å². The molecule has 0 aromatic heterocycles. The molecule has 0 spiro atoms. The van der Waals surface area contributed by atoms with Gasteiger partial charge in [0, 0.05) is 18.6 Å². The van der Waals surface area contributed by atoms with Crippen LogP contribution in [-0.4, -0.2) is 25.9 Å². The van der Waals surface area contributed by atoms with Crippen molar-refractivity contribution in [1.82, 2.24) is 16.0 Å². The average molecular weight is 185 g/mol. The maximum Gasteiger partial charge on any atom is 0.0620 e. The first-order chi connectivity index (χ1) is 5.96. The molecule has 1 fully saturated rings. The summed E-state index contributed by atoms with van der Waals surface area (Å²) >= 11 is 0. The first kappa shape index (κ1) is 11.0. The van der Waals surface area contributed by atoms with Gasteiger partial charge in [0.2, 0.25) is 0 Å². The predicted molar refractivity (Wildman–Crippen MR) is 56.4 cm³/mol. The molecule has 1 heterocycles. The summed E-state index contributed by atoms with van der Waals surface area (Å²) in [4.78, 5) is 0. The minimum atomic E-state index is 0.330. The number of nitrogens with one attached hydrogen (secondary N) is 3. The fraction of sp³-hybridized carbons (Fsp3) is 1.00. The van der Waals surface area contributed by atoms with Crippen LogP contribution in [-0.2, 0) is 0 Å². The SMILES string of the molecule is CNC1NCNC(C(C)(C)C)C1C. The van der Waals surface area contributed by atoms with E-state index in [4.69, 9.17) is 0 Å². The average Bonchev–Trinajstić information content (AvgIpc) is 2.02. The lowest BCUT2D eigenvalue weighted by molar-refractivity contribution is 0.117. The molecule has 0 aromatic carbocycles. The van der Waals surface area contributed by atoms with Crippen molar-refractivity contribution in [3.63, 3.8) is 0 Å². The quantitative estimate of drug-likeness (QED) is 0.564. The van der Waals surface area contributed by atoms with E-state index in [1.54, 1.807) is 0 Å². The molecular formula is C10H23N3. The van der Waals surface area contributed by atoms with Crippen molar-refractivity contribution in [3.8, 4) is 0 Å². The highest BCUT2D eigenvalue weighted by molar-refractivity contribution is 4.92. The second-order valence-electron chi connectivity index (χ2n) is 5.05. The second-order valence-corrected chi connectivity index (χ2v) is 5.05. The maximum atomic E-state index is 3.52. The molecule has 3 N–H and O–H groups in total. The van der Waals surface area contributed by atoms with Crippen molar-refractivity contribution >= 4 is 0 Å². The van der Waals surface area contributed by atoms with Gasteiger partial charge in [-0.2, -0.15) is 0 Å². The van der Waals surface area contributed by atoms with Crippen LogP contribution in [0.5, 0.6) is 0 Å². The summed E-state index contributed by atoms with van der Waals surface area (Å²) in [6.45, 7) is 10.1. The highest BCUT2D eigenvalue weighted by Crippen LogP contribution is 2.27. The highest BCUT2D eigenvalue weighted by Gasteiger charge is 2.35. The Morgan fingerprint density at radius 2 is 1.85 bits per heavy atom. The molecular weight excluding hydrogens is 162 g/mol. The Labute approximate surface area is 81.7 Å². The van der Waals surface area contributed by atoms with Crippen molar-refractivity contribution in [3.05, 3.63) is 0 Å². The summed E-state index contributed by atoms with van der Waals surface area (Å²) in [6.07, 6.45) is 0.436. The smallest absolute Gasteiger partial charge is 0.0620 e. The zero-order chi connectivity index (χ0) is 10.1. The number of rotatable bonds is 1. The third-order valence-corrected chi connectivity index (χ3v) is 2.94. The van der Waals surface area contributed by atoms with Crippen molar-refractivity contribution in [2.45, 2.75) is 39.9 Å². The molecule has 1 aliphatic heterocycles. The van der Waals surface area contributed by atoms with Crippen LogP contribution in [0.25, 0.3) is 0 Å². The molecule has 0 radical (unpaired) electrons. The Morgan fingerprint density at radius 1 is 1.23 bits per heavy atom. The predicted octanol–water partition coefficient (Wildman–Crippen LogP) is 0.733. The molecule has 13 heavy (non-hydrogen) atoms. The van der Waals surface area contributed by atoms with Crippen molar-refractivity contribution < 1.29 is 0 Å². The van der Waals surface area contributed by atoms with E-state index in [0.717, 1.165) is 6.67 Å². The van der Waals surface area contributed by atoms with E-state index < -0.39 is 0 Å². The lowest BCUT2D eigenvalue weighted by Crippen LogP contribution is -2.64. The number of hydrogen-bond donors (Lipinski definition) is 3.